The van der Waals surface area contributed by atoms with Crippen LogP contribution in [-0.2, 0) is 18.9 Å². The second kappa shape index (κ2) is 20.2. The Bertz CT molecular complexity index is 2610. The molecule has 7 heterocycles. The number of methoxy groups -OCH3 is 2. The van der Waals surface area contributed by atoms with Crippen LogP contribution in [0.25, 0.3) is 21.8 Å². The Kier molecular flexibility index (Phi) is 14.2. The van der Waals surface area contributed by atoms with Crippen LogP contribution in [0.5, 0.6) is 0 Å². The first-order valence-electron chi connectivity index (χ1n) is 21.7. The Morgan fingerprint density at radius 3 is 1.58 bits per heavy atom. The Morgan fingerprint density at radius 1 is 0.606 bits per heavy atom. The summed E-state index contributed by atoms with van der Waals surface area (Å²) in [4.78, 5) is 49.1. The minimum Gasteiger partial charge on any atom is -0.453 e. The number of ether oxygens (including phenoxy) is 4. The van der Waals surface area contributed by atoms with E-state index < -0.39 is 23.3 Å². The maximum atomic E-state index is 15.5. The van der Waals surface area contributed by atoms with Crippen molar-refractivity contribution in [3.8, 4) is 0 Å². The summed E-state index contributed by atoms with van der Waals surface area (Å²) in [5, 5.41) is 4.07. The molecule has 0 bridgehead atoms. The molecule has 352 valence electrons. The van der Waals surface area contributed by atoms with Crippen LogP contribution in [0.4, 0.5) is 61.7 Å². The highest BCUT2D eigenvalue weighted by Gasteiger charge is 2.29. The van der Waals surface area contributed by atoms with E-state index in [2.05, 4.69) is 20.1 Å². The fourth-order valence-electron chi connectivity index (χ4n) is 8.67. The molecule has 21 heteroatoms. The maximum Gasteiger partial charge on any atom is 0.409 e. The first kappa shape index (κ1) is 46.4. The lowest BCUT2D eigenvalue weighted by Crippen LogP contribution is -2.49. The zero-order valence-corrected chi connectivity index (χ0v) is 37.9. The molecule has 16 nitrogen and oxygen atoms in total. The Balaban J connectivity index is 0.000000209. The maximum absolute atomic E-state index is 15.5. The van der Waals surface area contributed by atoms with Crippen LogP contribution >= 0.6 is 11.6 Å². The van der Waals surface area contributed by atoms with Gasteiger partial charge in [0.25, 0.3) is 0 Å². The van der Waals surface area contributed by atoms with Crippen LogP contribution in [0.2, 0.25) is 5.02 Å². The van der Waals surface area contributed by atoms with Gasteiger partial charge in [-0.15, -0.1) is 0 Å². The predicted octanol–water partition coefficient (Wildman–Crippen LogP) is 6.88. The van der Waals surface area contributed by atoms with Gasteiger partial charge in [-0.25, -0.2) is 42.1 Å². The summed E-state index contributed by atoms with van der Waals surface area (Å²) in [5.41, 5.74) is 3.86. The lowest BCUT2D eigenvalue weighted by atomic mass is 10.1. The fraction of sp³-hybridized carbons (Fsp3) is 0.444. The van der Waals surface area contributed by atoms with Gasteiger partial charge in [-0.05, 0) is 19.9 Å². The number of hydrogen-bond acceptors (Lipinski definition) is 14. The van der Waals surface area contributed by atoms with Gasteiger partial charge in [-0.1, -0.05) is 11.6 Å². The molecule has 3 aromatic heterocycles. The number of carbonyl (C=O) groups excluding carboxylic acids is 2. The highest BCUT2D eigenvalue weighted by molar-refractivity contribution is 6.36. The number of nitrogens with one attached hydrogen (secondary N) is 1. The smallest absolute Gasteiger partial charge is 0.409 e. The number of piperazine rings is 2. The summed E-state index contributed by atoms with van der Waals surface area (Å²) in [6.45, 7) is 12.8. The van der Waals surface area contributed by atoms with E-state index in [9.17, 15) is 22.8 Å². The molecular weight excluding hydrogens is 888 g/mol. The van der Waals surface area contributed by atoms with Gasteiger partial charge >= 0.3 is 12.2 Å². The summed E-state index contributed by atoms with van der Waals surface area (Å²) in [6, 6.07) is 6.13. The highest BCUT2D eigenvalue weighted by Crippen LogP contribution is 2.40. The first-order chi connectivity index (χ1) is 31.8. The monoisotopic (exact) mass is 938 g/mol. The molecular formula is C45H51ClF4N10O6. The number of rotatable bonds is 6. The summed E-state index contributed by atoms with van der Waals surface area (Å²) in [6.07, 6.45) is 1.11. The average Bonchev–Trinajstić information content (AvgIpc) is 3.33. The van der Waals surface area contributed by atoms with Crippen LogP contribution in [0.15, 0.2) is 36.5 Å². The molecule has 66 heavy (non-hydrogen) atoms. The lowest BCUT2D eigenvalue weighted by Gasteiger charge is -2.36. The molecule has 0 spiro atoms. The molecule has 1 N–H and O–H groups in total. The van der Waals surface area contributed by atoms with Crippen molar-refractivity contribution in [2.45, 2.75) is 13.8 Å². The third-order valence-corrected chi connectivity index (χ3v) is 12.7. The van der Waals surface area contributed by atoms with E-state index in [1.165, 1.54) is 20.3 Å². The number of morpholine rings is 2. The van der Waals surface area contributed by atoms with E-state index in [1.54, 1.807) is 16.7 Å². The summed E-state index contributed by atoms with van der Waals surface area (Å²) >= 11 is 6.30. The van der Waals surface area contributed by atoms with E-state index >= 15 is 4.39 Å². The molecule has 2 amide bonds. The number of anilines is 6. The first-order valence-corrected chi connectivity index (χ1v) is 22.0. The van der Waals surface area contributed by atoms with Crippen LogP contribution in [0.1, 0.15) is 11.1 Å². The second-order valence-corrected chi connectivity index (χ2v) is 16.5. The molecule has 4 saturated heterocycles. The van der Waals surface area contributed by atoms with E-state index in [4.69, 9.17) is 40.5 Å². The summed E-state index contributed by atoms with van der Waals surface area (Å²) in [5.74, 6) is -0.923. The van der Waals surface area contributed by atoms with Gasteiger partial charge in [0.2, 0.25) is 0 Å². The quantitative estimate of drug-likeness (QED) is 0.177. The normalized spacial score (nSPS) is 16.9. The number of aromatic nitrogens is 3. The minimum atomic E-state index is -0.729. The average molecular weight is 939 g/mol. The molecule has 2 aromatic carbocycles. The third kappa shape index (κ3) is 9.71. The van der Waals surface area contributed by atoms with Crippen LogP contribution in [0, 0.1) is 37.1 Å². The van der Waals surface area contributed by atoms with Gasteiger partial charge in [-0.3, -0.25) is 0 Å². The van der Waals surface area contributed by atoms with Crippen molar-refractivity contribution >= 4 is 80.1 Å². The molecule has 0 saturated carbocycles. The number of carbonyl (C=O) groups is 2. The van der Waals surface area contributed by atoms with Crippen molar-refractivity contribution < 1.29 is 46.1 Å². The molecule has 0 unspecified atom stereocenters. The highest BCUT2D eigenvalue weighted by atomic mass is 35.5. The lowest BCUT2D eigenvalue weighted by molar-refractivity contribution is 0.120. The van der Waals surface area contributed by atoms with Gasteiger partial charge in [0.1, 0.15) is 34.9 Å². The molecule has 9 rings (SSSR count). The van der Waals surface area contributed by atoms with Crippen molar-refractivity contribution in [2.75, 3.05) is 144 Å². The molecule has 4 aliphatic rings. The van der Waals surface area contributed by atoms with Crippen LogP contribution in [0.3, 0.4) is 0 Å². The molecule has 0 atom stereocenters. The number of benzene rings is 2. The molecule has 5 aromatic rings. The number of pyridine rings is 3. The van der Waals surface area contributed by atoms with E-state index in [0.717, 1.165) is 42.8 Å². The van der Waals surface area contributed by atoms with E-state index in [-0.39, 0.29) is 39.0 Å². The van der Waals surface area contributed by atoms with Crippen LogP contribution in [-0.4, -0.2) is 156 Å². The number of hydrogen-bond donors (Lipinski definition) is 1. The molecule has 4 aliphatic heterocycles. The zero-order chi connectivity index (χ0) is 46.6. The molecule has 4 fully saturated rings. The fourth-order valence-corrected chi connectivity index (χ4v) is 8.94. The summed E-state index contributed by atoms with van der Waals surface area (Å²) in [7, 11) is 2.70. The SMILES string of the molecule is COC(=O)N1CCN(c2nc3cc(F)cc(F)c3c(Cl)c2C)CC1.COC(=O)N1CCN(c2nc3cc(F)cc(F)c3c(Nc3cc(N4CCOCC4)cnc3N3CCOCC3)c2C)CC1. The van der Waals surface area contributed by atoms with Crippen molar-refractivity contribution in [3.63, 3.8) is 0 Å². The van der Waals surface area contributed by atoms with Crippen molar-refractivity contribution in [1.82, 2.24) is 24.8 Å². The van der Waals surface area contributed by atoms with Gasteiger partial charge in [0, 0.05) is 114 Å². The topological polar surface area (TPSA) is 141 Å². The minimum absolute atomic E-state index is 0.118. The zero-order valence-electron chi connectivity index (χ0n) is 37.1. The van der Waals surface area contributed by atoms with Crippen molar-refractivity contribution in [1.29, 1.82) is 0 Å². The predicted molar refractivity (Wildman–Crippen MR) is 244 cm³/mol. The standard InChI is InChI=1S/C29H35F2N7O4.C16H16ClF2N3O2/c1-19-26(33-24-17-21(35-7-11-41-12-8-35)18-32-28(24)37-9-13-42-14-10-37)25-22(31)15-20(30)16-23(25)34-27(19)36-3-5-38(6-4-36)29(39)40-2;1-9-14(17)13-11(19)7-10(18)8-12(13)20-15(9)21-3-5-22(6-4-21)16(23)24-2/h15-18H,3-14H2,1-2H3,(H,33,34);7-8H,3-6H2,1-2H3. The largest absolute Gasteiger partial charge is 0.453 e. The van der Waals surface area contributed by atoms with Crippen molar-refractivity contribution in [2.24, 2.45) is 0 Å². The van der Waals surface area contributed by atoms with Crippen LogP contribution < -0.4 is 24.9 Å². The van der Waals surface area contributed by atoms with Gasteiger partial charge in [0.05, 0.1) is 90.7 Å². The number of nitrogens with zero attached hydrogens (tertiary/aromatic N) is 9. The van der Waals surface area contributed by atoms with Gasteiger partial charge in [0.15, 0.2) is 5.82 Å². The van der Waals surface area contributed by atoms with Crippen molar-refractivity contribution in [3.05, 3.63) is 75.9 Å². The third-order valence-electron chi connectivity index (χ3n) is 12.2. The Hall–Kier alpha value is -6.12. The number of halogens is 5. The second-order valence-electron chi connectivity index (χ2n) is 16.2. The van der Waals surface area contributed by atoms with E-state index in [1.807, 2.05) is 29.0 Å². The summed E-state index contributed by atoms with van der Waals surface area (Å²) < 4.78 is 78.1. The van der Waals surface area contributed by atoms with Gasteiger partial charge < -0.3 is 53.7 Å². The van der Waals surface area contributed by atoms with E-state index in [0.29, 0.717) is 126 Å². The molecule has 0 radical (unpaired) electrons. The van der Waals surface area contributed by atoms with Gasteiger partial charge in [-0.2, -0.15) is 0 Å². The Morgan fingerprint density at radius 2 is 1.06 bits per heavy atom. The number of amides is 2. The Labute approximate surface area is 383 Å². The molecule has 0 aliphatic carbocycles. The number of fused-ring (bicyclic) bond motifs is 2.